The molecule has 1 unspecified atom stereocenters. The molecule has 1 heterocycles. The van der Waals surface area contributed by atoms with Crippen molar-refractivity contribution in [1.29, 1.82) is 0 Å². The van der Waals surface area contributed by atoms with E-state index in [9.17, 15) is 0 Å². The van der Waals surface area contributed by atoms with Crippen LogP contribution in [0.3, 0.4) is 0 Å². The van der Waals surface area contributed by atoms with E-state index in [0.717, 1.165) is 40.7 Å². The Labute approximate surface area is 107 Å². The fourth-order valence-electron chi connectivity index (χ4n) is 2.42. The minimum atomic E-state index is 0.752. The third-order valence-corrected chi connectivity index (χ3v) is 3.81. The zero-order valence-corrected chi connectivity index (χ0v) is 10.7. The van der Waals surface area contributed by atoms with E-state index in [-0.39, 0.29) is 0 Å². The minimum Gasteiger partial charge on any atom is -0.399 e. The van der Waals surface area contributed by atoms with Crippen LogP contribution in [0.5, 0.6) is 0 Å². The van der Waals surface area contributed by atoms with Crippen LogP contribution in [-0.2, 0) is 0 Å². The van der Waals surface area contributed by atoms with Crippen LogP contribution in [-0.4, -0.2) is 11.5 Å². The number of hydrogen-bond donors (Lipinski definition) is 2. The van der Waals surface area contributed by atoms with E-state index in [1.54, 1.807) is 0 Å². The largest absolute Gasteiger partial charge is 0.399 e. The molecule has 1 aliphatic rings. The Hall–Kier alpha value is -1.77. The summed E-state index contributed by atoms with van der Waals surface area (Å²) in [6.45, 7) is 3.36. The summed E-state index contributed by atoms with van der Waals surface area (Å²) in [5.41, 5.74) is 8.66. The van der Waals surface area contributed by atoms with Crippen molar-refractivity contribution < 1.29 is 0 Å². The molecule has 0 amide bonds. The number of benzene rings is 1. The SMILES string of the molecule is CC(CNc1ccnc2cc(N)ccc12)C1CC1. The van der Waals surface area contributed by atoms with Gasteiger partial charge in [0.25, 0.3) is 0 Å². The fraction of sp³-hybridized carbons (Fsp3) is 0.400. The molecule has 1 atom stereocenters. The number of aromatic nitrogens is 1. The molecular weight excluding hydrogens is 222 g/mol. The Morgan fingerprint density at radius 2 is 2.22 bits per heavy atom. The van der Waals surface area contributed by atoms with Crippen molar-refractivity contribution in [1.82, 2.24) is 4.98 Å². The lowest BCUT2D eigenvalue weighted by molar-refractivity contribution is 0.537. The van der Waals surface area contributed by atoms with Crippen LogP contribution in [0, 0.1) is 11.8 Å². The van der Waals surface area contributed by atoms with E-state index < -0.39 is 0 Å². The lowest BCUT2D eigenvalue weighted by atomic mass is 10.1. The minimum absolute atomic E-state index is 0.752. The van der Waals surface area contributed by atoms with Crippen LogP contribution >= 0.6 is 0 Å². The first kappa shape index (κ1) is 11.3. The van der Waals surface area contributed by atoms with Crippen LogP contribution < -0.4 is 11.1 Å². The monoisotopic (exact) mass is 241 g/mol. The fourth-order valence-corrected chi connectivity index (χ4v) is 2.42. The molecule has 0 radical (unpaired) electrons. The van der Waals surface area contributed by atoms with Crippen molar-refractivity contribution in [3.05, 3.63) is 30.5 Å². The molecule has 3 heteroatoms. The van der Waals surface area contributed by atoms with Crippen LogP contribution in [0.4, 0.5) is 11.4 Å². The molecule has 0 saturated heterocycles. The Morgan fingerprint density at radius 1 is 1.39 bits per heavy atom. The molecule has 94 valence electrons. The van der Waals surface area contributed by atoms with Gasteiger partial charge in [-0.3, -0.25) is 4.98 Å². The molecule has 1 fully saturated rings. The number of nitrogens with two attached hydrogens (primary N) is 1. The molecule has 1 saturated carbocycles. The lowest BCUT2D eigenvalue weighted by Crippen LogP contribution is -2.13. The molecule has 1 aliphatic carbocycles. The molecule has 1 aromatic carbocycles. The van der Waals surface area contributed by atoms with Gasteiger partial charge in [0.15, 0.2) is 0 Å². The first-order valence-corrected chi connectivity index (χ1v) is 6.62. The highest BCUT2D eigenvalue weighted by Gasteiger charge is 2.27. The summed E-state index contributed by atoms with van der Waals surface area (Å²) in [6, 6.07) is 7.93. The Balaban J connectivity index is 1.82. The summed E-state index contributed by atoms with van der Waals surface area (Å²) >= 11 is 0. The number of pyridine rings is 1. The Morgan fingerprint density at radius 3 is 3.00 bits per heavy atom. The van der Waals surface area contributed by atoms with Crippen molar-refractivity contribution in [2.45, 2.75) is 19.8 Å². The summed E-state index contributed by atoms with van der Waals surface area (Å²) in [6.07, 6.45) is 4.64. The number of fused-ring (bicyclic) bond motifs is 1. The van der Waals surface area contributed by atoms with Gasteiger partial charge in [-0.15, -0.1) is 0 Å². The van der Waals surface area contributed by atoms with Gasteiger partial charge in [-0.2, -0.15) is 0 Å². The maximum Gasteiger partial charge on any atom is 0.0743 e. The van der Waals surface area contributed by atoms with Gasteiger partial charge in [0.1, 0.15) is 0 Å². The second-order valence-corrected chi connectivity index (χ2v) is 5.33. The second kappa shape index (κ2) is 4.48. The number of nitrogen functional groups attached to an aromatic ring is 1. The van der Waals surface area contributed by atoms with E-state index in [2.05, 4.69) is 17.2 Å². The van der Waals surface area contributed by atoms with Crippen molar-refractivity contribution >= 4 is 22.3 Å². The standard InChI is InChI=1S/C15H19N3/c1-10(11-2-3-11)9-18-14-6-7-17-15-8-12(16)4-5-13(14)15/h4-8,10-11H,2-3,9,16H2,1H3,(H,17,18). The summed E-state index contributed by atoms with van der Waals surface area (Å²) in [5, 5.41) is 4.70. The van der Waals surface area contributed by atoms with Crippen LogP contribution in [0.15, 0.2) is 30.5 Å². The van der Waals surface area contributed by atoms with E-state index in [4.69, 9.17) is 5.73 Å². The smallest absolute Gasteiger partial charge is 0.0743 e. The van der Waals surface area contributed by atoms with E-state index in [1.807, 2.05) is 30.5 Å². The first-order chi connectivity index (χ1) is 8.74. The molecule has 3 N–H and O–H groups in total. The van der Waals surface area contributed by atoms with Gasteiger partial charge in [-0.25, -0.2) is 0 Å². The molecular formula is C15H19N3. The summed E-state index contributed by atoms with van der Waals surface area (Å²) < 4.78 is 0. The number of nitrogens with zero attached hydrogens (tertiary/aromatic N) is 1. The van der Waals surface area contributed by atoms with Gasteiger partial charge in [-0.1, -0.05) is 6.92 Å². The van der Waals surface area contributed by atoms with Crippen molar-refractivity contribution in [3.8, 4) is 0 Å². The van der Waals surface area contributed by atoms with Crippen molar-refractivity contribution in [2.75, 3.05) is 17.6 Å². The zero-order chi connectivity index (χ0) is 12.5. The maximum absolute atomic E-state index is 5.78. The molecule has 0 aliphatic heterocycles. The Kier molecular flexibility index (Phi) is 2.82. The van der Waals surface area contributed by atoms with Gasteiger partial charge in [0, 0.05) is 29.5 Å². The Bertz CT molecular complexity index is 561. The summed E-state index contributed by atoms with van der Waals surface area (Å²) in [4.78, 5) is 4.36. The predicted octanol–water partition coefficient (Wildman–Crippen LogP) is 3.28. The highest BCUT2D eigenvalue weighted by molar-refractivity contribution is 5.92. The molecule has 3 rings (SSSR count). The van der Waals surface area contributed by atoms with Crippen molar-refractivity contribution in [2.24, 2.45) is 11.8 Å². The van der Waals surface area contributed by atoms with Gasteiger partial charge in [0.2, 0.25) is 0 Å². The number of nitrogens with one attached hydrogen (secondary N) is 1. The third-order valence-electron chi connectivity index (χ3n) is 3.81. The van der Waals surface area contributed by atoms with Gasteiger partial charge < -0.3 is 11.1 Å². The highest BCUT2D eigenvalue weighted by Crippen LogP contribution is 2.36. The first-order valence-electron chi connectivity index (χ1n) is 6.62. The molecule has 1 aromatic heterocycles. The van der Waals surface area contributed by atoms with E-state index in [1.165, 1.54) is 12.8 Å². The zero-order valence-electron chi connectivity index (χ0n) is 10.7. The number of rotatable bonds is 4. The number of hydrogen-bond acceptors (Lipinski definition) is 3. The summed E-state index contributed by atoms with van der Waals surface area (Å²) in [5.74, 6) is 1.68. The van der Waals surface area contributed by atoms with Crippen molar-refractivity contribution in [3.63, 3.8) is 0 Å². The van der Waals surface area contributed by atoms with Crippen LogP contribution in [0.2, 0.25) is 0 Å². The lowest BCUT2D eigenvalue weighted by Gasteiger charge is -2.14. The van der Waals surface area contributed by atoms with Crippen LogP contribution in [0.1, 0.15) is 19.8 Å². The second-order valence-electron chi connectivity index (χ2n) is 5.33. The number of anilines is 2. The maximum atomic E-state index is 5.78. The van der Waals surface area contributed by atoms with E-state index in [0.29, 0.717) is 0 Å². The molecule has 2 aromatic rings. The topological polar surface area (TPSA) is 50.9 Å². The average Bonchev–Trinajstić information content (AvgIpc) is 3.19. The molecule has 18 heavy (non-hydrogen) atoms. The molecule has 0 spiro atoms. The molecule has 3 nitrogen and oxygen atoms in total. The average molecular weight is 241 g/mol. The van der Waals surface area contributed by atoms with Gasteiger partial charge >= 0.3 is 0 Å². The highest BCUT2D eigenvalue weighted by atomic mass is 14.9. The summed E-state index contributed by atoms with van der Waals surface area (Å²) in [7, 11) is 0. The van der Waals surface area contributed by atoms with Crippen LogP contribution in [0.25, 0.3) is 10.9 Å². The van der Waals surface area contributed by atoms with E-state index >= 15 is 0 Å². The molecule has 0 bridgehead atoms. The van der Waals surface area contributed by atoms with Gasteiger partial charge in [0.05, 0.1) is 5.52 Å². The predicted molar refractivity (Wildman–Crippen MR) is 76.5 cm³/mol. The quantitative estimate of drug-likeness (QED) is 0.808. The van der Waals surface area contributed by atoms with Gasteiger partial charge in [-0.05, 0) is 48.9 Å². The third kappa shape index (κ3) is 2.26. The normalized spacial score (nSPS) is 16.7.